The maximum absolute atomic E-state index is 5.95. The fraction of sp³-hybridized carbons (Fsp3) is 1.00. The van der Waals surface area contributed by atoms with E-state index in [0.29, 0.717) is 16.9 Å². The monoisotopic (exact) mass is 370 g/mol. The largest absolute Gasteiger partial charge is 0.380 e. The van der Waals surface area contributed by atoms with Crippen LogP contribution in [0.1, 0.15) is 73.6 Å². The number of hydrogen-bond acceptors (Lipinski definition) is 4. The molecule has 4 nitrogen and oxygen atoms in total. The second-order valence-electron chi connectivity index (χ2n) is 9.62. The molecule has 1 saturated heterocycles. The molecule has 1 rings (SSSR count). The van der Waals surface area contributed by atoms with Gasteiger partial charge in [-0.1, -0.05) is 48.0 Å². The van der Waals surface area contributed by atoms with Crippen molar-refractivity contribution in [3.05, 3.63) is 0 Å². The van der Waals surface area contributed by atoms with E-state index in [4.69, 9.17) is 9.47 Å². The van der Waals surface area contributed by atoms with E-state index in [0.717, 1.165) is 59.0 Å². The van der Waals surface area contributed by atoms with Gasteiger partial charge in [-0.25, -0.2) is 0 Å². The molecule has 1 N–H and O–H groups in total. The molecule has 0 saturated carbocycles. The van der Waals surface area contributed by atoms with Gasteiger partial charge in [-0.3, -0.25) is 4.90 Å². The zero-order valence-corrected chi connectivity index (χ0v) is 18.5. The molecule has 0 bridgehead atoms. The molecule has 0 spiro atoms. The van der Waals surface area contributed by atoms with Gasteiger partial charge in [-0.15, -0.1) is 0 Å². The van der Waals surface area contributed by atoms with Crippen LogP contribution in [0.3, 0.4) is 0 Å². The maximum Gasteiger partial charge on any atom is 0.0826 e. The van der Waals surface area contributed by atoms with Crippen molar-refractivity contribution in [3.63, 3.8) is 0 Å². The topological polar surface area (TPSA) is 33.7 Å². The Bertz CT molecular complexity index is 357. The predicted molar refractivity (Wildman–Crippen MR) is 112 cm³/mol. The van der Waals surface area contributed by atoms with Crippen LogP contribution in [0.4, 0.5) is 0 Å². The van der Waals surface area contributed by atoms with Gasteiger partial charge in [0.15, 0.2) is 0 Å². The van der Waals surface area contributed by atoms with E-state index in [9.17, 15) is 0 Å². The Morgan fingerprint density at radius 2 is 1.88 bits per heavy atom. The first-order chi connectivity index (χ1) is 12.3. The highest BCUT2D eigenvalue weighted by Crippen LogP contribution is 2.26. The van der Waals surface area contributed by atoms with Gasteiger partial charge in [-0.05, 0) is 36.5 Å². The van der Waals surface area contributed by atoms with Crippen molar-refractivity contribution >= 4 is 0 Å². The van der Waals surface area contributed by atoms with Crippen LogP contribution in [-0.4, -0.2) is 63.5 Å². The second kappa shape index (κ2) is 12.3. The van der Waals surface area contributed by atoms with Crippen molar-refractivity contribution in [1.29, 1.82) is 0 Å². The third kappa shape index (κ3) is 10.9. The first-order valence-electron chi connectivity index (χ1n) is 10.9. The van der Waals surface area contributed by atoms with Gasteiger partial charge in [0, 0.05) is 39.3 Å². The Balaban J connectivity index is 2.14. The van der Waals surface area contributed by atoms with E-state index in [2.05, 4.69) is 51.8 Å². The minimum absolute atomic E-state index is 0.312. The van der Waals surface area contributed by atoms with Gasteiger partial charge >= 0.3 is 0 Å². The van der Waals surface area contributed by atoms with E-state index in [-0.39, 0.29) is 0 Å². The highest BCUT2D eigenvalue weighted by Gasteiger charge is 2.23. The zero-order chi connectivity index (χ0) is 19.5. The molecule has 1 fully saturated rings. The minimum atomic E-state index is 0.312. The Kier molecular flexibility index (Phi) is 11.3. The summed E-state index contributed by atoms with van der Waals surface area (Å²) in [4.78, 5) is 2.49. The third-order valence-electron chi connectivity index (χ3n) is 5.62. The van der Waals surface area contributed by atoms with Crippen LogP contribution < -0.4 is 5.32 Å². The Hall–Kier alpha value is -0.160. The lowest BCUT2D eigenvalue weighted by atomic mass is 9.83. The highest BCUT2D eigenvalue weighted by atomic mass is 16.5. The SMILES string of the molecule is CCCC(C)(CC)CNC[C@@H]1CN(CCOCCCC(C)(C)C)CCO1. The summed E-state index contributed by atoms with van der Waals surface area (Å²) in [5.74, 6) is 0. The summed E-state index contributed by atoms with van der Waals surface area (Å²) in [6.45, 7) is 21.6. The molecule has 1 heterocycles. The molecule has 0 aliphatic carbocycles. The molecule has 1 aliphatic heterocycles. The molecular weight excluding hydrogens is 324 g/mol. The zero-order valence-electron chi connectivity index (χ0n) is 18.5. The summed E-state index contributed by atoms with van der Waals surface area (Å²) in [5, 5.41) is 3.67. The lowest BCUT2D eigenvalue weighted by Crippen LogP contribution is -2.48. The van der Waals surface area contributed by atoms with Gasteiger partial charge in [0.2, 0.25) is 0 Å². The lowest BCUT2D eigenvalue weighted by Gasteiger charge is -2.34. The summed E-state index contributed by atoms with van der Waals surface area (Å²) in [6.07, 6.45) is 6.49. The molecule has 4 heteroatoms. The van der Waals surface area contributed by atoms with E-state index >= 15 is 0 Å². The quantitative estimate of drug-likeness (QED) is 0.489. The number of morpholine rings is 1. The molecule has 0 aromatic heterocycles. The van der Waals surface area contributed by atoms with Crippen molar-refractivity contribution in [3.8, 4) is 0 Å². The molecule has 0 radical (unpaired) electrons. The molecule has 1 unspecified atom stereocenters. The van der Waals surface area contributed by atoms with Crippen molar-refractivity contribution in [2.75, 3.05) is 52.5 Å². The number of hydrogen-bond donors (Lipinski definition) is 1. The lowest BCUT2D eigenvalue weighted by molar-refractivity contribution is -0.0359. The summed E-state index contributed by atoms with van der Waals surface area (Å²) >= 11 is 0. The Morgan fingerprint density at radius 3 is 2.54 bits per heavy atom. The molecule has 1 aliphatic rings. The molecule has 0 aromatic rings. The molecule has 0 aromatic carbocycles. The first-order valence-corrected chi connectivity index (χ1v) is 10.9. The van der Waals surface area contributed by atoms with Crippen LogP contribution in [0.5, 0.6) is 0 Å². The third-order valence-corrected chi connectivity index (χ3v) is 5.62. The van der Waals surface area contributed by atoms with Crippen molar-refractivity contribution < 1.29 is 9.47 Å². The van der Waals surface area contributed by atoms with Crippen LogP contribution >= 0.6 is 0 Å². The smallest absolute Gasteiger partial charge is 0.0826 e. The number of ether oxygens (including phenoxy) is 2. The average molecular weight is 371 g/mol. The summed E-state index contributed by atoms with van der Waals surface area (Å²) in [7, 11) is 0. The van der Waals surface area contributed by atoms with Gasteiger partial charge in [0.25, 0.3) is 0 Å². The molecule has 0 amide bonds. The van der Waals surface area contributed by atoms with E-state index in [1.54, 1.807) is 0 Å². The average Bonchev–Trinajstić information content (AvgIpc) is 2.58. The van der Waals surface area contributed by atoms with E-state index < -0.39 is 0 Å². The van der Waals surface area contributed by atoms with Gasteiger partial charge in [-0.2, -0.15) is 0 Å². The minimum Gasteiger partial charge on any atom is -0.380 e. The first kappa shape index (κ1) is 23.9. The fourth-order valence-corrected chi connectivity index (χ4v) is 3.64. The Morgan fingerprint density at radius 1 is 1.12 bits per heavy atom. The van der Waals surface area contributed by atoms with E-state index in [1.807, 2.05) is 0 Å². The normalized spacial score (nSPS) is 21.7. The molecule has 156 valence electrons. The van der Waals surface area contributed by atoms with Crippen LogP contribution in [0.25, 0.3) is 0 Å². The van der Waals surface area contributed by atoms with Crippen LogP contribution in [0.15, 0.2) is 0 Å². The second-order valence-corrected chi connectivity index (χ2v) is 9.62. The number of nitrogens with one attached hydrogen (secondary N) is 1. The molecule has 26 heavy (non-hydrogen) atoms. The van der Waals surface area contributed by atoms with Crippen molar-refractivity contribution in [2.45, 2.75) is 79.8 Å². The number of rotatable bonds is 13. The fourth-order valence-electron chi connectivity index (χ4n) is 3.64. The maximum atomic E-state index is 5.95. The summed E-state index contributed by atoms with van der Waals surface area (Å²) in [5.41, 5.74) is 0.836. The van der Waals surface area contributed by atoms with Gasteiger partial charge < -0.3 is 14.8 Å². The summed E-state index contributed by atoms with van der Waals surface area (Å²) < 4.78 is 11.8. The van der Waals surface area contributed by atoms with Crippen molar-refractivity contribution in [2.24, 2.45) is 10.8 Å². The molecule has 2 atom stereocenters. The van der Waals surface area contributed by atoms with Crippen LogP contribution in [0, 0.1) is 10.8 Å². The van der Waals surface area contributed by atoms with Crippen LogP contribution in [-0.2, 0) is 9.47 Å². The summed E-state index contributed by atoms with van der Waals surface area (Å²) in [6, 6.07) is 0. The number of nitrogens with zero attached hydrogens (tertiary/aromatic N) is 1. The highest BCUT2D eigenvalue weighted by molar-refractivity contribution is 4.78. The Labute approximate surface area is 163 Å². The molecular formula is C22H46N2O2. The van der Waals surface area contributed by atoms with Crippen molar-refractivity contribution in [1.82, 2.24) is 10.2 Å². The van der Waals surface area contributed by atoms with Gasteiger partial charge in [0.1, 0.15) is 0 Å². The van der Waals surface area contributed by atoms with Crippen LogP contribution in [0.2, 0.25) is 0 Å². The van der Waals surface area contributed by atoms with E-state index in [1.165, 1.54) is 25.7 Å². The standard InChI is InChI=1S/C22H46N2O2/c1-7-10-22(6,8-2)19-23-17-20-18-24(13-16-26-20)12-15-25-14-9-11-21(3,4)5/h20,23H,7-19H2,1-6H3/t20-,22?/m1/s1. The van der Waals surface area contributed by atoms with Gasteiger partial charge in [0.05, 0.1) is 19.3 Å². The predicted octanol–water partition coefficient (Wildman–Crippen LogP) is 4.34.